The van der Waals surface area contributed by atoms with Gasteiger partial charge in [0, 0.05) is 23.1 Å². The number of urea groups is 1. The van der Waals surface area contributed by atoms with Crippen LogP contribution in [0, 0.1) is 0 Å². The van der Waals surface area contributed by atoms with Gasteiger partial charge in [0.2, 0.25) is 0 Å². The Hall–Kier alpha value is -4.85. The molecular formula is C26H24N6O2. The van der Waals surface area contributed by atoms with Gasteiger partial charge in [-0.15, -0.1) is 0 Å². The minimum atomic E-state index is -0.316. The molecule has 34 heavy (non-hydrogen) atoms. The van der Waals surface area contributed by atoms with Crippen molar-refractivity contribution >= 4 is 34.9 Å². The Balaban J connectivity index is 1.42. The number of pyridine rings is 1. The Kier molecular flexibility index (Phi) is 7.00. The largest absolute Gasteiger partial charge is 0.495 e. The molecule has 2 amide bonds. The van der Waals surface area contributed by atoms with Crippen molar-refractivity contribution in [1.29, 1.82) is 0 Å². The third-order valence-electron chi connectivity index (χ3n) is 4.84. The van der Waals surface area contributed by atoms with E-state index < -0.39 is 0 Å². The SMILES string of the molecule is COc1ccccc1NC(N)=Nc1ccc(-c2cccc(NC(=O)Nc3ccccc3)c2)cn1. The van der Waals surface area contributed by atoms with Gasteiger partial charge >= 0.3 is 6.03 Å². The molecule has 0 aliphatic heterocycles. The van der Waals surface area contributed by atoms with E-state index in [-0.39, 0.29) is 12.0 Å². The number of aliphatic imine (C=N–C) groups is 1. The van der Waals surface area contributed by atoms with Gasteiger partial charge in [0.05, 0.1) is 12.8 Å². The Morgan fingerprint density at radius 3 is 2.32 bits per heavy atom. The van der Waals surface area contributed by atoms with E-state index in [1.54, 1.807) is 19.4 Å². The zero-order valence-corrected chi connectivity index (χ0v) is 18.5. The van der Waals surface area contributed by atoms with Gasteiger partial charge in [-0.1, -0.05) is 42.5 Å². The molecule has 1 aromatic heterocycles. The third-order valence-corrected chi connectivity index (χ3v) is 4.84. The molecule has 1 heterocycles. The zero-order valence-electron chi connectivity index (χ0n) is 18.5. The van der Waals surface area contributed by atoms with Crippen molar-refractivity contribution in [2.45, 2.75) is 0 Å². The Morgan fingerprint density at radius 2 is 1.56 bits per heavy atom. The Labute approximate surface area is 197 Å². The Bertz CT molecular complexity index is 1290. The van der Waals surface area contributed by atoms with Crippen LogP contribution in [0.15, 0.2) is 102 Å². The molecule has 8 nitrogen and oxygen atoms in total. The minimum absolute atomic E-state index is 0.195. The summed E-state index contributed by atoms with van der Waals surface area (Å²) in [5.74, 6) is 1.32. The molecule has 0 radical (unpaired) electrons. The first kappa shape index (κ1) is 22.3. The lowest BCUT2D eigenvalue weighted by Gasteiger charge is -2.10. The van der Waals surface area contributed by atoms with Crippen LogP contribution in [-0.4, -0.2) is 24.1 Å². The van der Waals surface area contributed by atoms with Crippen LogP contribution in [-0.2, 0) is 0 Å². The van der Waals surface area contributed by atoms with Crippen LogP contribution in [0.2, 0.25) is 0 Å². The van der Waals surface area contributed by atoms with E-state index in [4.69, 9.17) is 10.5 Å². The van der Waals surface area contributed by atoms with Gasteiger partial charge in [0.1, 0.15) is 5.75 Å². The number of guanidine groups is 1. The number of hydrogen-bond donors (Lipinski definition) is 4. The van der Waals surface area contributed by atoms with Gasteiger partial charge in [0.25, 0.3) is 0 Å². The van der Waals surface area contributed by atoms with Crippen LogP contribution in [0.5, 0.6) is 5.75 Å². The van der Waals surface area contributed by atoms with Crippen LogP contribution in [0.1, 0.15) is 0 Å². The number of hydrogen-bond acceptors (Lipinski definition) is 4. The predicted molar refractivity (Wildman–Crippen MR) is 137 cm³/mol. The number of nitrogens with two attached hydrogens (primary N) is 1. The molecule has 0 saturated carbocycles. The first-order valence-electron chi connectivity index (χ1n) is 10.5. The number of amides is 2. The highest BCUT2D eigenvalue weighted by Gasteiger charge is 2.06. The number of anilines is 3. The van der Waals surface area contributed by atoms with Gasteiger partial charge < -0.3 is 26.4 Å². The van der Waals surface area contributed by atoms with E-state index in [9.17, 15) is 4.79 Å². The summed E-state index contributed by atoms with van der Waals surface area (Å²) in [6.45, 7) is 0. The van der Waals surface area contributed by atoms with Crippen molar-refractivity contribution in [3.05, 3.63) is 97.2 Å². The number of ether oxygens (including phenoxy) is 1. The maximum Gasteiger partial charge on any atom is 0.323 e. The summed E-state index contributed by atoms with van der Waals surface area (Å²) >= 11 is 0. The van der Waals surface area contributed by atoms with Gasteiger partial charge in [-0.2, -0.15) is 4.99 Å². The topological polar surface area (TPSA) is 114 Å². The number of nitrogens with zero attached hydrogens (tertiary/aromatic N) is 2. The van der Waals surface area contributed by atoms with Crippen molar-refractivity contribution in [3.63, 3.8) is 0 Å². The van der Waals surface area contributed by atoms with Crippen molar-refractivity contribution in [2.75, 3.05) is 23.1 Å². The average Bonchev–Trinajstić information content (AvgIpc) is 2.85. The molecule has 8 heteroatoms. The van der Waals surface area contributed by atoms with Crippen molar-refractivity contribution < 1.29 is 9.53 Å². The second-order valence-electron chi connectivity index (χ2n) is 7.25. The fraction of sp³-hybridized carbons (Fsp3) is 0.0385. The molecule has 0 atom stereocenters. The molecule has 0 spiro atoms. The predicted octanol–water partition coefficient (Wildman–Crippen LogP) is 5.46. The third kappa shape index (κ3) is 5.89. The van der Waals surface area contributed by atoms with Crippen molar-refractivity contribution in [3.8, 4) is 16.9 Å². The van der Waals surface area contributed by atoms with Crippen molar-refractivity contribution in [1.82, 2.24) is 4.98 Å². The molecule has 3 aromatic carbocycles. The first-order valence-corrected chi connectivity index (χ1v) is 10.5. The molecule has 0 bridgehead atoms. The summed E-state index contributed by atoms with van der Waals surface area (Å²) < 4.78 is 5.31. The average molecular weight is 453 g/mol. The van der Waals surface area contributed by atoms with Gasteiger partial charge in [-0.05, 0) is 54.1 Å². The van der Waals surface area contributed by atoms with Crippen LogP contribution < -0.4 is 26.4 Å². The summed E-state index contributed by atoms with van der Waals surface area (Å²) in [5.41, 5.74) is 9.90. The first-order chi connectivity index (χ1) is 16.6. The molecule has 5 N–H and O–H groups in total. The molecule has 0 saturated heterocycles. The quantitative estimate of drug-likeness (QED) is 0.229. The van der Waals surface area contributed by atoms with E-state index in [1.165, 1.54) is 0 Å². The molecule has 0 aliphatic carbocycles. The van der Waals surface area contributed by atoms with Crippen LogP contribution in [0.3, 0.4) is 0 Å². The summed E-state index contributed by atoms with van der Waals surface area (Å²) in [5, 5.41) is 8.66. The molecule has 0 fully saturated rings. The minimum Gasteiger partial charge on any atom is -0.495 e. The highest BCUT2D eigenvalue weighted by molar-refractivity contribution is 6.00. The molecular weight excluding hydrogens is 428 g/mol. The molecule has 0 aliphatic rings. The lowest BCUT2D eigenvalue weighted by atomic mass is 10.1. The molecule has 4 rings (SSSR count). The van der Waals surface area contributed by atoms with Gasteiger partial charge in [0.15, 0.2) is 11.8 Å². The van der Waals surface area contributed by atoms with E-state index in [0.717, 1.165) is 16.8 Å². The number of nitrogens with one attached hydrogen (secondary N) is 3. The smallest absolute Gasteiger partial charge is 0.323 e. The highest BCUT2D eigenvalue weighted by Crippen LogP contribution is 2.25. The number of benzene rings is 3. The zero-order chi connectivity index (χ0) is 23.8. The number of para-hydroxylation sites is 3. The second kappa shape index (κ2) is 10.6. The lowest BCUT2D eigenvalue weighted by Crippen LogP contribution is -2.22. The van der Waals surface area contributed by atoms with E-state index in [2.05, 4.69) is 25.9 Å². The highest BCUT2D eigenvalue weighted by atomic mass is 16.5. The van der Waals surface area contributed by atoms with Crippen LogP contribution in [0.25, 0.3) is 11.1 Å². The van der Waals surface area contributed by atoms with Gasteiger partial charge in [-0.3, -0.25) is 0 Å². The maximum absolute atomic E-state index is 12.3. The van der Waals surface area contributed by atoms with E-state index >= 15 is 0 Å². The fourth-order valence-corrected chi connectivity index (χ4v) is 3.25. The molecule has 4 aromatic rings. The molecule has 0 unspecified atom stereocenters. The van der Waals surface area contributed by atoms with Crippen LogP contribution in [0.4, 0.5) is 27.7 Å². The van der Waals surface area contributed by atoms with Crippen LogP contribution >= 0.6 is 0 Å². The number of methoxy groups -OCH3 is 1. The van der Waals surface area contributed by atoms with Crippen molar-refractivity contribution in [2.24, 2.45) is 10.7 Å². The lowest BCUT2D eigenvalue weighted by molar-refractivity contribution is 0.262. The number of carbonyl (C=O) groups is 1. The summed E-state index contributed by atoms with van der Waals surface area (Å²) in [7, 11) is 1.59. The second-order valence-corrected chi connectivity index (χ2v) is 7.25. The summed E-state index contributed by atoms with van der Waals surface area (Å²) in [6, 6.07) is 27.5. The summed E-state index contributed by atoms with van der Waals surface area (Å²) in [6.07, 6.45) is 1.71. The van der Waals surface area contributed by atoms with Gasteiger partial charge in [-0.25, -0.2) is 9.78 Å². The molecule has 170 valence electrons. The number of aromatic nitrogens is 1. The monoisotopic (exact) mass is 452 g/mol. The fourth-order valence-electron chi connectivity index (χ4n) is 3.25. The maximum atomic E-state index is 12.3. The normalized spacial score (nSPS) is 10.9. The Morgan fingerprint density at radius 1 is 0.824 bits per heavy atom. The summed E-state index contributed by atoms with van der Waals surface area (Å²) in [4.78, 5) is 21.0. The standard InChI is InChI=1S/C26H24N6O2/c1-34-23-13-6-5-12-22(23)31-25(27)32-24-15-14-19(17-28-24)18-8-7-11-21(16-18)30-26(33)29-20-9-3-2-4-10-20/h2-17H,1H3,(H2,29,30,33)(H3,27,28,31,32). The van der Waals surface area contributed by atoms with E-state index in [1.807, 2.05) is 84.9 Å². The number of rotatable bonds is 6. The number of carbonyl (C=O) groups excluding carboxylic acids is 1. The van der Waals surface area contributed by atoms with E-state index in [0.29, 0.717) is 22.9 Å².